The molecule has 1 aliphatic rings. The number of carboxylic acids is 2. The minimum Gasteiger partial charge on any atom is -0.481 e. The predicted octanol–water partition coefficient (Wildman–Crippen LogP) is -3.31. The van der Waals surface area contributed by atoms with Crippen LogP contribution in [0.4, 0.5) is 0 Å². The highest BCUT2D eigenvalue weighted by Gasteiger charge is 2.37. The van der Waals surface area contributed by atoms with Gasteiger partial charge in [-0.15, -0.1) is 0 Å². The summed E-state index contributed by atoms with van der Waals surface area (Å²) in [6.45, 7) is 8.12. The van der Waals surface area contributed by atoms with Crippen molar-refractivity contribution in [2.75, 3.05) is 19.6 Å². The highest BCUT2D eigenvalue weighted by Crippen LogP contribution is 2.19. The van der Waals surface area contributed by atoms with Gasteiger partial charge in [0.1, 0.15) is 30.2 Å². The summed E-state index contributed by atoms with van der Waals surface area (Å²) in [6.07, 6.45) is 0.621. The SMILES string of the molecule is CC(C)C[C@H](NC(=O)[C@H](C)NC(=O)CNC(=O)[C@@H]1CCCN1C(=O)[C@@H](N)CC(=O)O)C(=O)N[C@H](C(=O)N[C@@H](CCCN=C(N)N)C(=O)O)C(C)C. The Kier molecular flexibility index (Phi) is 18.3. The van der Waals surface area contributed by atoms with E-state index >= 15 is 0 Å². The molecule has 1 heterocycles. The molecule has 20 nitrogen and oxygen atoms in total. The van der Waals surface area contributed by atoms with Gasteiger partial charge in [0.15, 0.2) is 5.96 Å². The van der Waals surface area contributed by atoms with Gasteiger partial charge in [0.05, 0.1) is 19.0 Å². The van der Waals surface area contributed by atoms with E-state index in [1.807, 2.05) is 13.8 Å². The number of nitrogens with two attached hydrogens (primary N) is 3. The summed E-state index contributed by atoms with van der Waals surface area (Å²) in [6, 6.07) is -6.97. The van der Waals surface area contributed by atoms with Crippen LogP contribution in [-0.4, -0.2) is 124 Å². The molecule has 288 valence electrons. The number of aliphatic imine (C=N–C) groups is 1. The number of carbonyl (C=O) groups is 8. The molecule has 13 N–H and O–H groups in total. The van der Waals surface area contributed by atoms with Crippen molar-refractivity contribution in [3.05, 3.63) is 0 Å². The van der Waals surface area contributed by atoms with Gasteiger partial charge in [0, 0.05) is 13.1 Å². The van der Waals surface area contributed by atoms with Gasteiger partial charge in [0.25, 0.3) is 0 Å². The molecule has 0 unspecified atom stereocenters. The number of guanidine groups is 1. The molecule has 0 aromatic carbocycles. The van der Waals surface area contributed by atoms with Gasteiger partial charge < -0.3 is 58.9 Å². The fourth-order valence-corrected chi connectivity index (χ4v) is 5.25. The Morgan fingerprint density at radius 3 is 2.04 bits per heavy atom. The third-order valence-electron chi connectivity index (χ3n) is 7.89. The highest BCUT2D eigenvalue weighted by molar-refractivity contribution is 5.96. The van der Waals surface area contributed by atoms with Crippen LogP contribution in [0.5, 0.6) is 0 Å². The van der Waals surface area contributed by atoms with Gasteiger partial charge in [-0.2, -0.15) is 0 Å². The number of hydrogen-bond donors (Lipinski definition) is 10. The molecule has 20 heteroatoms. The Morgan fingerprint density at radius 2 is 1.49 bits per heavy atom. The van der Waals surface area contributed by atoms with Crippen LogP contribution in [0.25, 0.3) is 0 Å². The van der Waals surface area contributed by atoms with Crippen LogP contribution in [0.2, 0.25) is 0 Å². The van der Waals surface area contributed by atoms with Crippen LogP contribution in [0, 0.1) is 11.8 Å². The lowest BCUT2D eigenvalue weighted by atomic mass is 9.99. The smallest absolute Gasteiger partial charge is 0.326 e. The van der Waals surface area contributed by atoms with Crippen molar-refractivity contribution in [2.24, 2.45) is 34.0 Å². The number of carboxylic acid groups (broad SMARTS) is 2. The Bertz CT molecular complexity index is 1300. The van der Waals surface area contributed by atoms with E-state index in [4.69, 9.17) is 22.3 Å². The van der Waals surface area contributed by atoms with E-state index in [0.717, 1.165) is 0 Å². The van der Waals surface area contributed by atoms with Gasteiger partial charge in [-0.1, -0.05) is 27.7 Å². The summed E-state index contributed by atoms with van der Waals surface area (Å²) in [7, 11) is 0. The van der Waals surface area contributed by atoms with Crippen molar-refractivity contribution in [1.82, 2.24) is 31.5 Å². The van der Waals surface area contributed by atoms with Crippen LogP contribution in [0.1, 0.15) is 73.1 Å². The molecule has 0 aliphatic carbocycles. The Balaban J connectivity index is 2.82. The number of amides is 6. The molecule has 1 rings (SSSR count). The van der Waals surface area contributed by atoms with Gasteiger partial charge >= 0.3 is 11.9 Å². The van der Waals surface area contributed by atoms with Crippen LogP contribution < -0.4 is 43.8 Å². The molecule has 6 amide bonds. The second-order valence-corrected chi connectivity index (χ2v) is 13.2. The van der Waals surface area contributed by atoms with Crippen molar-refractivity contribution < 1.29 is 48.6 Å². The van der Waals surface area contributed by atoms with Crippen molar-refractivity contribution in [3.63, 3.8) is 0 Å². The van der Waals surface area contributed by atoms with E-state index in [1.165, 1.54) is 11.8 Å². The molecule has 0 radical (unpaired) electrons. The van der Waals surface area contributed by atoms with Crippen LogP contribution in [0.3, 0.4) is 0 Å². The topological polar surface area (TPSA) is 331 Å². The number of carbonyl (C=O) groups excluding carboxylic acids is 6. The third-order valence-corrected chi connectivity index (χ3v) is 7.89. The third kappa shape index (κ3) is 15.6. The summed E-state index contributed by atoms with van der Waals surface area (Å²) >= 11 is 0. The molecule has 0 bridgehead atoms. The number of rotatable bonds is 21. The lowest BCUT2D eigenvalue weighted by molar-refractivity contribution is -0.144. The van der Waals surface area contributed by atoms with Crippen molar-refractivity contribution in [1.29, 1.82) is 0 Å². The first-order valence-electron chi connectivity index (χ1n) is 16.8. The quantitative estimate of drug-likeness (QED) is 0.0315. The fraction of sp³-hybridized carbons (Fsp3) is 0.710. The average molecular weight is 727 g/mol. The monoisotopic (exact) mass is 726 g/mol. The molecule has 1 aliphatic heterocycles. The number of nitrogens with one attached hydrogen (secondary N) is 5. The number of likely N-dealkylation sites (tertiary alicyclic amines) is 1. The van der Waals surface area contributed by atoms with E-state index < -0.39 is 103 Å². The molecular formula is C31H54N10O10. The Morgan fingerprint density at radius 1 is 0.863 bits per heavy atom. The molecule has 6 atom stereocenters. The van der Waals surface area contributed by atoms with E-state index in [9.17, 15) is 43.5 Å². The maximum Gasteiger partial charge on any atom is 0.326 e. The molecule has 1 saturated heterocycles. The van der Waals surface area contributed by atoms with E-state index in [2.05, 4.69) is 31.6 Å². The zero-order chi connectivity index (χ0) is 39.0. The fourth-order valence-electron chi connectivity index (χ4n) is 5.25. The maximum atomic E-state index is 13.4. The predicted molar refractivity (Wildman–Crippen MR) is 183 cm³/mol. The molecular weight excluding hydrogens is 672 g/mol. The van der Waals surface area contributed by atoms with Gasteiger partial charge in [-0.05, 0) is 50.9 Å². The second kappa shape index (κ2) is 21.3. The summed E-state index contributed by atoms with van der Waals surface area (Å²) < 4.78 is 0. The van der Waals surface area contributed by atoms with E-state index in [-0.39, 0.29) is 50.7 Å². The first-order valence-corrected chi connectivity index (χ1v) is 16.8. The number of hydrogen-bond acceptors (Lipinski definition) is 10. The summed E-state index contributed by atoms with van der Waals surface area (Å²) in [4.78, 5) is 105. The standard InChI is InChI=1S/C31H54N10O10/c1-15(2)12-20(26(46)40-24(16(3)4)28(48)38-19(30(50)51)8-6-10-35-31(33)34)39-25(45)17(5)37-22(42)14-36-27(47)21-9-7-11-41(21)29(49)18(32)13-23(43)44/h15-21,24H,6-14,32H2,1-5H3,(H,36,47)(H,37,42)(H,38,48)(H,39,45)(H,40,46)(H,43,44)(H,50,51)(H4,33,34,35)/t17-,18-,19-,20-,21-,24-/m0/s1. The van der Waals surface area contributed by atoms with Gasteiger partial charge in [-0.3, -0.25) is 38.6 Å². The molecule has 0 aromatic heterocycles. The normalized spacial score (nSPS) is 16.9. The minimum atomic E-state index is -1.32. The van der Waals surface area contributed by atoms with E-state index in [0.29, 0.717) is 6.42 Å². The highest BCUT2D eigenvalue weighted by atomic mass is 16.4. The largest absolute Gasteiger partial charge is 0.481 e. The lowest BCUT2D eigenvalue weighted by Crippen LogP contribution is -2.59. The van der Waals surface area contributed by atoms with E-state index in [1.54, 1.807) is 13.8 Å². The second-order valence-electron chi connectivity index (χ2n) is 13.2. The van der Waals surface area contributed by atoms with Crippen LogP contribution >= 0.6 is 0 Å². The summed E-state index contributed by atoms with van der Waals surface area (Å²) in [5, 5.41) is 31.0. The first kappa shape index (κ1) is 44.0. The van der Waals surface area contributed by atoms with Crippen molar-refractivity contribution in [2.45, 2.75) is 109 Å². The Hall–Kier alpha value is -5.01. The molecule has 1 fully saturated rings. The van der Waals surface area contributed by atoms with Crippen molar-refractivity contribution >= 4 is 53.3 Å². The van der Waals surface area contributed by atoms with Crippen LogP contribution in [-0.2, 0) is 38.4 Å². The zero-order valence-electron chi connectivity index (χ0n) is 29.8. The Labute approximate surface area is 296 Å². The molecule has 0 aromatic rings. The first-order chi connectivity index (χ1) is 23.7. The summed E-state index contributed by atoms with van der Waals surface area (Å²) in [5.74, 6) is -7.49. The number of nitrogens with zero attached hydrogens (tertiary/aromatic N) is 2. The van der Waals surface area contributed by atoms with Gasteiger partial charge in [-0.25, -0.2) is 4.79 Å². The molecule has 0 saturated carbocycles. The lowest BCUT2D eigenvalue weighted by Gasteiger charge is -2.28. The van der Waals surface area contributed by atoms with Gasteiger partial charge in [0.2, 0.25) is 35.4 Å². The number of aliphatic carboxylic acids is 2. The summed E-state index contributed by atoms with van der Waals surface area (Å²) in [5.41, 5.74) is 16.2. The molecule has 0 spiro atoms. The van der Waals surface area contributed by atoms with Crippen LogP contribution in [0.15, 0.2) is 4.99 Å². The maximum absolute atomic E-state index is 13.4. The molecule has 51 heavy (non-hydrogen) atoms. The average Bonchev–Trinajstić information content (AvgIpc) is 3.52. The van der Waals surface area contributed by atoms with Crippen molar-refractivity contribution in [3.8, 4) is 0 Å². The minimum absolute atomic E-state index is 0.0257. The zero-order valence-corrected chi connectivity index (χ0v) is 29.8.